The third-order valence-corrected chi connectivity index (χ3v) is 5.60. The van der Waals surface area contributed by atoms with Gasteiger partial charge in [0.2, 0.25) is 0 Å². The first kappa shape index (κ1) is 16.4. The van der Waals surface area contributed by atoms with Crippen LogP contribution in [0.25, 0.3) is 49.4 Å². The maximum absolute atomic E-state index is 9.63. The van der Waals surface area contributed by atoms with E-state index >= 15 is 0 Å². The number of fused-ring (bicyclic) bond motifs is 6. The van der Waals surface area contributed by atoms with Crippen LogP contribution in [0.2, 0.25) is 0 Å². The highest BCUT2D eigenvalue weighted by molar-refractivity contribution is 6.58. The van der Waals surface area contributed by atoms with E-state index in [-0.39, 0.29) is 0 Å². The Labute approximate surface area is 166 Å². The lowest BCUT2D eigenvalue weighted by Gasteiger charge is -2.09. The molecule has 2 N–H and O–H groups in total. The van der Waals surface area contributed by atoms with Crippen LogP contribution in [0.5, 0.6) is 0 Å². The monoisotopic (exact) mass is 377 g/mol. The summed E-state index contributed by atoms with van der Waals surface area (Å²) in [5.41, 5.74) is 5.11. The normalized spacial score (nSPS) is 11.8. The van der Waals surface area contributed by atoms with Crippen molar-refractivity contribution >= 4 is 56.3 Å². The average Bonchev–Trinajstić information content (AvgIpc) is 3.27. The number of aromatic nitrogens is 1. The number of hydrogen-bond donors (Lipinski definition) is 2. The van der Waals surface area contributed by atoms with Crippen molar-refractivity contribution in [2.75, 3.05) is 0 Å². The van der Waals surface area contributed by atoms with Crippen LogP contribution in [-0.4, -0.2) is 21.7 Å². The van der Waals surface area contributed by atoms with Crippen LogP contribution in [0.1, 0.15) is 0 Å². The largest absolute Gasteiger partial charge is 0.488 e. The van der Waals surface area contributed by atoms with Crippen molar-refractivity contribution < 1.29 is 14.5 Å². The molecule has 6 aromatic rings. The smallest absolute Gasteiger partial charge is 0.456 e. The van der Waals surface area contributed by atoms with Gasteiger partial charge in [-0.15, -0.1) is 0 Å². The van der Waals surface area contributed by atoms with E-state index in [4.69, 9.17) is 4.42 Å². The number of nitrogens with zero attached hydrogens (tertiary/aromatic N) is 1. The summed E-state index contributed by atoms with van der Waals surface area (Å²) in [6.45, 7) is 0. The minimum Gasteiger partial charge on any atom is -0.456 e. The zero-order chi connectivity index (χ0) is 19.5. The van der Waals surface area contributed by atoms with Crippen LogP contribution in [-0.2, 0) is 0 Å². The molecule has 0 atom stereocenters. The molecule has 0 spiro atoms. The summed E-state index contributed by atoms with van der Waals surface area (Å²) < 4.78 is 8.26. The molecule has 0 bridgehead atoms. The third-order valence-electron chi connectivity index (χ3n) is 5.60. The van der Waals surface area contributed by atoms with E-state index in [1.165, 1.54) is 0 Å². The Hall–Kier alpha value is -3.54. The van der Waals surface area contributed by atoms with Crippen LogP contribution in [0, 0.1) is 0 Å². The van der Waals surface area contributed by atoms with Crippen molar-refractivity contribution in [3.05, 3.63) is 84.9 Å². The van der Waals surface area contributed by atoms with Crippen molar-refractivity contribution in [2.45, 2.75) is 0 Å². The Morgan fingerprint density at radius 1 is 0.621 bits per heavy atom. The topological polar surface area (TPSA) is 58.5 Å². The summed E-state index contributed by atoms with van der Waals surface area (Å²) in [5.74, 6) is 0. The second-order valence-corrected chi connectivity index (χ2v) is 7.28. The fourth-order valence-corrected chi connectivity index (χ4v) is 4.29. The number of hydrogen-bond acceptors (Lipinski definition) is 3. The van der Waals surface area contributed by atoms with Gasteiger partial charge in [-0.1, -0.05) is 48.5 Å². The Kier molecular flexibility index (Phi) is 3.39. The van der Waals surface area contributed by atoms with Gasteiger partial charge in [-0.25, -0.2) is 0 Å². The highest BCUT2D eigenvalue weighted by atomic mass is 16.4. The molecular formula is C24H16BNO3. The zero-order valence-electron chi connectivity index (χ0n) is 15.4. The summed E-state index contributed by atoms with van der Waals surface area (Å²) in [5, 5.41) is 23.7. The van der Waals surface area contributed by atoms with Crippen molar-refractivity contribution in [3.8, 4) is 5.69 Å². The first-order valence-electron chi connectivity index (χ1n) is 9.51. The van der Waals surface area contributed by atoms with E-state index in [2.05, 4.69) is 34.9 Å². The van der Waals surface area contributed by atoms with E-state index < -0.39 is 7.12 Å². The van der Waals surface area contributed by atoms with Gasteiger partial charge >= 0.3 is 7.12 Å². The lowest BCUT2D eigenvalue weighted by atomic mass is 9.80. The van der Waals surface area contributed by atoms with Gasteiger partial charge in [-0.2, -0.15) is 0 Å². The summed E-state index contributed by atoms with van der Waals surface area (Å²) >= 11 is 0. The van der Waals surface area contributed by atoms with Crippen molar-refractivity contribution in [1.82, 2.24) is 4.57 Å². The summed E-state index contributed by atoms with van der Waals surface area (Å²) in [7, 11) is -1.51. The van der Waals surface area contributed by atoms with Crippen LogP contribution >= 0.6 is 0 Å². The minimum atomic E-state index is -1.51. The Bertz CT molecular complexity index is 1540. The maximum Gasteiger partial charge on any atom is 0.488 e. The molecule has 138 valence electrons. The molecule has 5 heteroatoms. The molecule has 0 fully saturated rings. The van der Waals surface area contributed by atoms with Gasteiger partial charge in [0.15, 0.2) is 0 Å². The summed E-state index contributed by atoms with van der Waals surface area (Å²) in [6.07, 6.45) is 0. The average molecular weight is 377 g/mol. The van der Waals surface area contributed by atoms with Crippen molar-refractivity contribution in [2.24, 2.45) is 0 Å². The molecule has 0 radical (unpaired) electrons. The predicted octanol–water partition coefficient (Wildman–Crippen LogP) is 4.36. The second kappa shape index (κ2) is 5.98. The molecule has 4 nitrogen and oxygen atoms in total. The zero-order valence-corrected chi connectivity index (χ0v) is 15.4. The number of benzene rings is 4. The Morgan fingerprint density at radius 3 is 2.28 bits per heavy atom. The maximum atomic E-state index is 9.63. The molecule has 0 aliphatic rings. The Balaban J connectivity index is 1.77. The third kappa shape index (κ3) is 2.35. The van der Waals surface area contributed by atoms with Gasteiger partial charge in [0.05, 0.1) is 11.0 Å². The van der Waals surface area contributed by atoms with Crippen molar-refractivity contribution in [3.63, 3.8) is 0 Å². The molecule has 29 heavy (non-hydrogen) atoms. The first-order valence-corrected chi connectivity index (χ1v) is 9.51. The molecule has 4 aromatic carbocycles. The molecule has 2 heterocycles. The van der Waals surface area contributed by atoms with Gasteiger partial charge < -0.3 is 19.0 Å². The summed E-state index contributed by atoms with van der Waals surface area (Å²) in [6, 6.07) is 27.9. The van der Waals surface area contributed by atoms with Gasteiger partial charge in [0.1, 0.15) is 11.2 Å². The highest BCUT2D eigenvalue weighted by Gasteiger charge is 2.17. The highest BCUT2D eigenvalue weighted by Crippen LogP contribution is 2.37. The lowest BCUT2D eigenvalue weighted by Crippen LogP contribution is -2.29. The van der Waals surface area contributed by atoms with Gasteiger partial charge in [0, 0.05) is 33.3 Å². The van der Waals surface area contributed by atoms with Crippen LogP contribution < -0.4 is 5.46 Å². The molecule has 0 amide bonds. The van der Waals surface area contributed by atoms with Gasteiger partial charge in [-0.05, 0) is 35.8 Å². The number of rotatable bonds is 2. The van der Waals surface area contributed by atoms with Gasteiger partial charge in [0.25, 0.3) is 0 Å². The Morgan fingerprint density at radius 2 is 1.41 bits per heavy atom. The van der Waals surface area contributed by atoms with E-state index in [1.54, 1.807) is 12.1 Å². The molecule has 2 aromatic heterocycles. The van der Waals surface area contributed by atoms with Crippen LogP contribution in [0.3, 0.4) is 0 Å². The quantitative estimate of drug-likeness (QED) is 0.441. The molecule has 0 saturated carbocycles. The van der Waals surface area contributed by atoms with Crippen molar-refractivity contribution in [1.29, 1.82) is 0 Å². The fourth-order valence-electron chi connectivity index (χ4n) is 4.29. The van der Waals surface area contributed by atoms with E-state index in [0.29, 0.717) is 5.46 Å². The molecule has 0 aliphatic carbocycles. The SMILES string of the molecule is OB(O)c1cccc(-n2c3ccccc3c3cc4c(cc32)oc2ccccc24)c1. The minimum absolute atomic E-state index is 0.457. The predicted molar refractivity (Wildman–Crippen MR) is 118 cm³/mol. The van der Waals surface area contributed by atoms with E-state index in [0.717, 1.165) is 49.4 Å². The lowest BCUT2D eigenvalue weighted by molar-refractivity contribution is 0.426. The molecule has 0 saturated heterocycles. The standard InChI is InChI=1S/C24H16BNO3/c27-25(28)15-6-5-7-16(12-15)26-21-10-3-1-8-17(21)19-13-20-18-9-2-4-11-23(18)29-24(20)14-22(19)26/h1-14,27-28H. The van der Waals surface area contributed by atoms with E-state index in [1.807, 2.05) is 42.5 Å². The molecular weight excluding hydrogens is 361 g/mol. The number of furan rings is 1. The first-order chi connectivity index (χ1) is 14.2. The number of para-hydroxylation sites is 2. The second-order valence-electron chi connectivity index (χ2n) is 7.28. The summed E-state index contributed by atoms with van der Waals surface area (Å²) in [4.78, 5) is 0. The van der Waals surface area contributed by atoms with Gasteiger partial charge in [-0.3, -0.25) is 0 Å². The molecule has 0 unspecified atom stereocenters. The molecule has 0 aliphatic heterocycles. The molecule has 6 rings (SSSR count). The fraction of sp³-hybridized carbons (Fsp3) is 0. The van der Waals surface area contributed by atoms with E-state index in [9.17, 15) is 10.0 Å². The van der Waals surface area contributed by atoms with Crippen LogP contribution in [0.4, 0.5) is 0 Å². The van der Waals surface area contributed by atoms with Crippen LogP contribution in [0.15, 0.2) is 89.3 Å².